The summed E-state index contributed by atoms with van der Waals surface area (Å²) in [6.45, 7) is 4.19. The molecule has 0 aliphatic rings. The maximum absolute atomic E-state index is 12.5. The molecule has 0 spiro atoms. The van der Waals surface area contributed by atoms with Crippen LogP contribution in [0.25, 0.3) is 0 Å². The van der Waals surface area contributed by atoms with Crippen molar-refractivity contribution >= 4 is 5.91 Å². The molecule has 0 aromatic heterocycles. The van der Waals surface area contributed by atoms with E-state index in [4.69, 9.17) is 0 Å². The van der Waals surface area contributed by atoms with E-state index in [2.05, 4.69) is 55.6 Å². The largest absolute Gasteiger partial charge is 0.394 e. The number of nitrogens with one attached hydrogen (secondary N) is 1. The SMILES string of the molecule is CCCCCCCCCCC/C=C\C/C=C\CCCCCCCCCCCCCCCC(=O)NC(CO)C(O)C(O)CCC/C=C/CCCCCCCCCCCCCCC. The van der Waals surface area contributed by atoms with Crippen LogP contribution in [0.3, 0.4) is 0 Å². The number of amides is 1. The summed E-state index contributed by atoms with van der Waals surface area (Å²) in [6, 6.07) is -0.827. The Labute approximate surface area is 381 Å². The number of hydrogen-bond acceptors (Lipinski definition) is 4. The fourth-order valence-electron chi connectivity index (χ4n) is 8.49. The molecule has 0 aliphatic heterocycles. The topological polar surface area (TPSA) is 89.8 Å². The summed E-state index contributed by atoms with van der Waals surface area (Å²) in [5.74, 6) is -0.152. The molecule has 61 heavy (non-hydrogen) atoms. The first-order chi connectivity index (χ1) is 30.1. The van der Waals surface area contributed by atoms with Gasteiger partial charge in [0, 0.05) is 6.42 Å². The number of allylic oxidation sites excluding steroid dienone is 6. The molecule has 3 unspecified atom stereocenters. The molecule has 0 radical (unpaired) electrons. The third-order valence-electron chi connectivity index (χ3n) is 12.7. The van der Waals surface area contributed by atoms with E-state index in [9.17, 15) is 20.1 Å². The normalized spacial score (nSPS) is 13.6. The van der Waals surface area contributed by atoms with Crippen molar-refractivity contribution in [2.45, 2.75) is 308 Å². The molecular weight excluding hydrogens is 751 g/mol. The first-order valence-corrected chi connectivity index (χ1v) is 27.3. The number of rotatable bonds is 50. The number of aliphatic hydroxyl groups is 3. The summed E-state index contributed by atoms with van der Waals surface area (Å²) in [5.41, 5.74) is 0. The van der Waals surface area contributed by atoms with Crippen LogP contribution in [0.1, 0.15) is 290 Å². The standard InChI is InChI=1S/C56H107NO4/c1-3-5-7-9-11-13-15-17-19-21-23-24-25-26-27-28-29-30-31-32-33-35-37-39-41-43-45-47-49-51-55(60)57-53(52-58)56(61)54(59)50-48-46-44-42-40-38-36-34-22-20-18-16-14-12-10-8-6-4-2/h23-24,26-27,42,44,53-54,56,58-59,61H,3-22,25,28-41,43,45-52H2,1-2H3,(H,57,60)/b24-23-,27-26-,44-42+. The van der Waals surface area contributed by atoms with Crippen LogP contribution >= 0.6 is 0 Å². The maximum atomic E-state index is 12.5. The Morgan fingerprint density at radius 1 is 0.410 bits per heavy atom. The molecule has 0 bridgehead atoms. The van der Waals surface area contributed by atoms with Crippen molar-refractivity contribution in [3.8, 4) is 0 Å². The molecule has 3 atom stereocenters. The molecule has 0 aromatic carbocycles. The average molecular weight is 858 g/mol. The molecule has 0 aliphatic carbocycles. The summed E-state index contributed by atoms with van der Waals surface area (Å²) < 4.78 is 0. The Bertz CT molecular complexity index is 947. The smallest absolute Gasteiger partial charge is 0.220 e. The summed E-state index contributed by atoms with van der Waals surface area (Å²) in [6.07, 6.45) is 65.8. The van der Waals surface area contributed by atoms with Crippen LogP contribution in [0, 0.1) is 0 Å². The van der Waals surface area contributed by atoms with Gasteiger partial charge in [0.15, 0.2) is 0 Å². The van der Waals surface area contributed by atoms with Crippen LogP contribution in [0.4, 0.5) is 0 Å². The summed E-state index contributed by atoms with van der Waals surface area (Å²) in [7, 11) is 0. The molecule has 0 saturated carbocycles. The van der Waals surface area contributed by atoms with Gasteiger partial charge in [-0.25, -0.2) is 0 Å². The first-order valence-electron chi connectivity index (χ1n) is 27.3. The molecule has 0 aromatic rings. The minimum Gasteiger partial charge on any atom is -0.394 e. The monoisotopic (exact) mass is 858 g/mol. The van der Waals surface area contributed by atoms with Crippen LogP contribution < -0.4 is 5.32 Å². The van der Waals surface area contributed by atoms with Crippen molar-refractivity contribution < 1.29 is 20.1 Å². The fourth-order valence-corrected chi connectivity index (χ4v) is 8.49. The van der Waals surface area contributed by atoms with Gasteiger partial charge >= 0.3 is 0 Å². The second-order valence-electron chi connectivity index (χ2n) is 18.8. The molecule has 4 N–H and O–H groups in total. The predicted molar refractivity (Wildman–Crippen MR) is 268 cm³/mol. The van der Waals surface area contributed by atoms with Crippen molar-refractivity contribution in [3.05, 3.63) is 36.5 Å². The Balaban J connectivity index is 3.57. The van der Waals surface area contributed by atoms with Gasteiger partial charge in [0.1, 0.15) is 6.10 Å². The Hall–Kier alpha value is -1.43. The second kappa shape index (κ2) is 51.2. The molecular formula is C56H107NO4. The molecule has 360 valence electrons. The van der Waals surface area contributed by atoms with Crippen LogP contribution in [-0.2, 0) is 4.79 Å². The third kappa shape index (κ3) is 46.4. The van der Waals surface area contributed by atoms with Gasteiger partial charge in [0.2, 0.25) is 5.91 Å². The Morgan fingerprint density at radius 2 is 0.705 bits per heavy atom. The Morgan fingerprint density at radius 3 is 1.05 bits per heavy atom. The quantitative estimate of drug-likeness (QED) is 0.0362. The number of aliphatic hydroxyl groups excluding tert-OH is 3. The summed E-state index contributed by atoms with van der Waals surface area (Å²) in [5, 5.41) is 33.7. The number of carbonyl (C=O) groups excluding carboxylic acids is 1. The van der Waals surface area contributed by atoms with Gasteiger partial charge in [-0.05, 0) is 70.6 Å². The predicted octanol–water partition coefficient (Wildman–Crippen LogP) is 16.7. The fraction of sp³-hybridized carbons (Fsp3) is 0.875. The lowest BCUT2D eigenvalue weighted by molar-refractivity contribution is -0.124. The highest BCUT2D eigenvalue weighted by Gasteiger charge is 2.26. The molecule has 0 fully saturated rings. The molecule has 0 rings (SSSR count). The minimum absolute atomic E-state index is 0.152. The third-order valence-corrected chi connectivity index (χ3v) is 12.7. The van der Waals surface area contributed by atoms with Crippen molar-refractivity contribution in [3.63, 3.8) is 0 Å². The maximum Gasteiger partial charge on any atom is 0.220 e. The number of unbranched alkanes of at least 4 members (excludes halogenated alkanes) is 36. The van der Waals surface area contributed by atoms with Crippen molar-refractivity contribution in [2.24, 2.45) is 0 Å². The highest BCUT2D eigenvalue weighted by molar-refractivity contribution is 5.76. The lowest BCUT2D eigenvalue weighted by Crippen LogP contribution is -2.50. The van der Waals surface area contributed by atoms with Crippen LogP contribution in [-0.4, -0.2) is 46.1 Å². The van der Waals surface area contributed by atoms with E-state index in [0.29, 0.717) is 12.8 Å². The summed E-state index contributed by atoms with van der Waals surface area (Å²) in [4.78, 5) is 12.5. The minimum atomic E-state index is -1.16. The zero-order chi connectivity index (χ0) is 44.4. The molecule has 0 saturated heterocycles. The van der Waals surface area contributed by atoms with Crippen LogP contribution in [0.2, 0.25) is 0 Å². The van der Waals surface area contributed by atoms with Gasteiger partial charge in [-0.3, -0.25) is 4.79 Å². The van der Waals surface area contributed by atoms with E-state index in [0.717, 1.165) is 44.9 Å². The van der Waals surface area contributed by atoms with Crippen molar-refractivity contribution in [2.75, 3.05) is 6.61 Å². The molecule has 5 heteroatoms. The van der Waals surface area contributed by atoms with Gasteiger partial charge in [-0.15, -0.1) is 0 Å². The van der Waals surface area contributed by atoms with Crippen LogP contribution in [0.15, 0.2) is 36.5 Å². The van der Waals surface area contributed by atoms with E-state index >= 15 is 0 Å². The summed E-state index contributed by atoms with van der Waals surface area (Å²) >= 11 is 0. The van der Waals surface area contributed by atoms with Gasteiger partial charge < -0.3 is 20.6 Å². The zero-order valence-corrected chi connectivity index (χ0v) is 41.1. The second-order valence-corrected chi connectivity index (χ2v) is 18.8. The van der Waals surface area contributed by atoms with E-state index in [1.165, 1.54) is 218 Å². The van der Waals surface area contributed by atoms with E-state index in [1.54, 1.807) is 0 Å². The lowest BCUT2D eigenvalue weighted by Gasteiger charge is -2.26. The molecule has 5 nitrogen and oxygen atoms in total. The van der Waals surface area contributed by atoms with E-state index < -0.39 is 18.2 Å². The first kappa shape index (κ1) is 59.6. The highest BCUT2D eigenvalue weighted by Crippen LogP contribution is 2.17. The van der Waals surface area contributed by atoms with Crippen molar-refractivity contribution in [1.29, 1.82) is 0 Å². The molecule has 1 amide bonds. The molecule has 0 heterocycles. The van der Waals surface area contributed by atoms with Gasteiger partial charge in [-0.2, -0.15) is 0 Å². The number of carbonyl (C=O) groups is 1. The average Bonchev–Trinajstić information content (AvgIpc) is 3.26. The van der Waals surface area contributed by atoms with Crippen molar-refractivity contribution in [1.82, 2.24) is 5.32 Å². The van der Waals surface area contributed by atoms with Gasteiger partial charge in [-0.1, -0.05) is 249 Å². The highest BCUT2D eigenvalue weighted by atomic mass is 16.3. The van der Waals surface area contributed by atoms with E-state index in [1.807, 2.05) is 0 Å². The number of hydrogen-bond donors (Lipinski definition) is 4. The Kier molecular flexibility index (Phi) is 50.0. The van der Waals surface area contributed by atoms with Gasteiger partial charge in [0.05, 0.1) is 18.8 Å². The zero-order valence-electron chi connectivity index (χ0n) is 41.1. The lowest BCUT2D eigenvalue weighted by atomic mass is 10.0. The van der Waals surface area contributed by atoms with E-state index in [-0.39, 0.29) is 12.5 Å². The van der Waals surface area contributed by atoms with Gasteiger partial charge in [0.25, 0.3) is 0 Å². The van der Waals surface area contributed by atoms with Crippen LogP contribution in [0.5, 0.6) is 0 Å².